The summed E-state index contributed by atoms with van der Waals surface area (Å²) in [5, 5.41) is 10.0. The van der Waals surface area contributed by atoms with Gasteiger partial charge in [0.25, 0.3) is 5.91 Å². The van der Waals surface area contributed by atoms with Crippen LogP contribution in [-0.2, 0) is 9.59 Å². The van der Waals surface area contributed by atoms with Gasteiger partial charge >= 0.3 is 0 Å². The Bertz CT molecular complexity index is 654. The molecule has 0 saturated carbocycles. The lowest BCUT2D eigenvalue weighted by atomic mass is 10.1. The van der Waals surface area contributed by atoms with E-state index >= 15 is 0 Å². The highest BCUT2D eigenvalue weighted by Crippen LogP contribution is 2.36. The minimum absolute atomic E-state index is 0.0356. The molecule has 1 fully saturated rings. The maximum atomic E-state index is 12.2. The predicted molar refractivity (Wildman–Crippen MR) is 85.2 cm³/mol. The average Bonchev–Trinajstić information content (AvgIpc) is 2.68. The summed E-state index contributed by atoms with van der Waals surface area (Å²) in [6, 6.07) is 4.99. The normalized spacial score (nSPS) is 16.7. The van der Waals surface area contributed by atoms with Crippen LogP contribution >= 0.6 is 24.0 Å². The van der Waals surface area contributed by atoms with Crippen molar-refractivity contribution < 1.29 is 19.4 Å². The number of amides is 1. The van der Waals surface area contributed by atoms with E-state index in [1.54, 1.807) is 18.2 Å². The van der Waals surface area contributed by atoms with Crippen LogP contribution in [0.2, 0.25) is 0 Å². The zero-order valence-corrected chi connectivity index (χ0v) is 13.1. The lowest BCUT2D eigenvalue weighted by molar-refractivity contribution is -0.126. The van der Waals surface area contributed by atoms with Crippen molar-refractivity contribution >= 4 is 46.1 Å². The Morgan fingerprint density at radius 3 is 2.86 bits per heavy atom. The molecule has 0 spiro atoms. The second-order valence-corrected chi connectivity index (χ2v) is 6.04. The Balaban J connectivity index is 2.33. The number of para-hydroxylation sites is 1. The van der Waals surface area contributed by atoms with Crippen LogP contribution in [0.4, 0.5) is 0 Å². The quantitative estimate of drug-likeness (QED) is 0.677. The van der Waals surface area contributed by atoms with Crippen molar-refractivity contribution in [1.29, 1.82) is 0 Å². The maximum absolute atomic E-state index is 12.2. The molecule has 0 radical (unpaired) electrons. The summed E-state index contributed by atoms with van der Waals surface area (Å²) in [5.74, 6) is -0.195. The molecule has 2 rings (SSSR count). The molecule has 0 bridgehead atoms. The number of phenolic OH excluding ortho intramolecular Hbond substituents is 1. The zero-order valence-electron chi connectivity index (χ0n) is 11.5. The maximum Gasteiger partial charge on any atom is 0.266 e. The summed E-state index contributed by atoms with van der Waals surface area (Å²) in [6.45, 7) is 1.36. The molecule has 21 heavy (non-hydrogen) atoms. The second kappa shape index (κ2) is 6.28. The molecule has 1 aliphatic heterocycles. The molecular formula is C14H13NO4S2. The van der Waals surface area contributed by atoms with Crippen LogP contribution in [0.3, 0.4) is 0 Å². The number of rotatable bonds is 4. The fourth-order valence-corrected chi connectivity index (χ4v) is 3.07. The summed E-state index contributed by atoms with van der Waals surface area (Å²) < 4.78 is 5.36. The SMILES string of the molecule is COc1cccc(/C=C2/SC(=S)N(CC(C)=O)C2=O)c1O. The fourth-order valence-electron chi connectivity index (χ4n) is 1.82. The molecule has 1 aromatic rings. The smallest absolute Gasteiger partial charge is 0.266 e. The van der Waals surface area contributed by atoms with Gasteiger partial charge in [-0.05, 0) is 19.1 Å². The minimum Gasteiger partial charge on any atom is -0.504 e. The molecule has 1 aromatic carbocycles. The third-order valence-electron chi connectivity index (χ3n) is 2.79. The molecule has 0 atom stereocenters. The number of aromatic hydroxyl groups is 1. The number of thiocarbonyl (C=S) groups is 1. The van der Waals surface area contributed by atoms with Gasteiger partial charge in [0.15, 0.2) is 11.5 Å². The summed E-state index contributed by atoms with van der Waals surface area (Å²) >= 11 is 6.20. The largest absolute Gasteiger partial charge is 0.504 e. The van der Waals surface area contributed by atoms with Gasteiger partial charge in [-0.2, -0.15) is 0 Å². The predicted octanol–water partition coefficient (Wildman–Crippen LogP) is 2.19. The van der Waals surface area contributed by atoms with Gasteiger partial charge in [0.2, 0.25) is 0 Å². The van der Waals surface area contributed by atoms with Gasteiger partial charge in [0.05, 0.1) is 18.6 Å². The Labute approximate surface area is 131 Å². The number of nitrogens with zero attached hydrogens (tertiary/aromatic N) is 1. The number of carbonyl (C=O) groups is 2. The van der Waals surface area contributed by atoms with Crippen molar-refractivity contribution in [3.05, 3.63) is 28.7 Å². The van der Waals surface area contributed by atoms with E-state index in [1.807, 2.05) is 0 Å². The van der Waals surface area contributed by atoms with Crippen molar-refractivity contribution in [2.75, 3.05) is 13.7 Å². The van der Waals surface area contributed by atoms with Gasteiger partial charge in [-0.3, -0.25) is 14.5 Å². The molecular weight excluding hydrogens is 310 g/mol. The van der Waals surface area contributed by atoms with Gasteiger partial charge in [0, 0.05) is 5.56 Å². The molecule has 0 unspecified atom stereocenters. The summed E-state index contributed by atoms with van der Waals surface area (Å²) in [6.07, 6.45) is 1.54. The van der Waals surface area contributed by atoms with Gasteiger partial charge in [-0.1, -0.05) is 36.1 Å². The van der Waals surface area contributed by atoms with Crippen LogP contribution in [-0.4, -0.2) is 39.7 Å². The molecule has 1 saturated heterocycles. The monoisotopic (exact) mass is 323 g/mol. The van der Waals surface area contributed by atoms with Crippen LogP contribution in [0.15, 0.2) is 23.1 Å². The van der Waals surface area contributed by atoms with E-state index in [2.05, 4.69) is 0 Å². The fraction of sp³-hybridized carbons (Fsp3) is 0.214. The van der Waals surface area contributed by atoms with E-state index in [1.165, 1.54) is 25.0 Å². The van der Waals surface area contributed by atoms with Crippen LogP contribution < -0.4 is 4.74 Å². The van der Waals surface area contributed by atoms with Gasteiger partial charge in [-0.25, -0.2) is 0 Å². The Hall–Kier alpha value is -1.86. The summed E-state index contributed by atoms with van der Waals surface area (Å²) in [4.78, 5) is 25.0. The van der Waals surface area contributed by atoms with Gasteiger partial charge in [-0.15, -0.1) is 0 Å². The Morgan fingerprint density at radius 2 is 2.24 bits per heavy atom. The van der Waals surface area contributed by atoms with Crippen molar-refractivity contribution in [3.63, 3.8) is 0 Å². The van der Waals surface area contributed by atoms with Crippen molar-refractivity contribution in [1.82, 2.24) is 4.90 Å². The number of methoxy groups -OCH3 is 1. The highest BCUT2D eigenvalue weighted by atomic mass is 32.2. The van der Waals surface area contributed by atoms with Gasteiger partial charge < -0.3 is 9.84 Å². The van der Waals surface area contributed by atoms with Crippen molar-refractivity contribution in [3.8, 4) is 11.5 Å². The molecule has 1 aliphatic rings. The molecule has 5 nitrogen and oxygen atoms in total. The molecule has 110 valence electrons. The molecule has 0 aromatic heterocycles. The Kier molecular flexibility index (Phi) is 4.64. The number of carbonyl (C=O) groups excluding carboxylic acids is 2. The molecule has 1 heterocycles. The van der Waals surface area contributed by atoms with Gasteiger partial charge in [0.1, 0.15) is 10.1 Å². The average molecular weight is 323 g/mol. The first kappa shape index (κ1) is 15.5. The number of ketones is 1. The van der Waals surface area contributed by atoms with E-state index in [9.17, 15) is 14.7 Å². The minimum atomic E-state index is -0.331. The first-order valence-electron chi connectivity index (χ1n) is 6.04. The number of hydrogen-bond acceptors (Lipinski definition) is 6. The van der Waals surface area contributed by atoms with Crippen LogP contribution in [0.1, 0.15) is 12.5 Å². The van der Waals surface area contributed by atoms with E-state index in [4.69, 9.17) is 17.0 Å². The summed E-state index contributed by atoms with van der Waals surface area (Å²) in [7, 11) is 1.45. The number of ether oxygens (including phenoxy) is 1. The standard InChI is InChI=1S/C14H13NO4S2/c1-8(16)7-15-13(18)11(21-14(15)20)6-9-4-3-5-10(19-2)12(9)17/h3-6,17H,7H2,1-2H3/b11-6+. The second-order valence-electron chi connectivity index (χ2n) is 4.37. The van der Waals surface area contributed by atoms with Crippen LogP contribution in [0, 0.1) is 0 Å². The number of hydrogen-bond donors (Lipinski definition) is 1. The number of benzene rings is 1. The third kappa shape index (κ3) is 3.25. The topological polar surface area (TPSA) is 66.8 Å². The molecule has 1 N–H and O–H groups in total. The first-order chi connectivity index (χ1) is 9.93. The van der Waals surface area contributed by atoms with E-state index in [0.29, 0.717) is 20.5 Å². The molecule has 7 heteroatoms. The number of Topliss-reactive ketones (excluding diaryl/α,β-unsaturated/α-hetero) is 1. The van der Waals surface area contributed by atoms with Crippen LogP contribution in [0.5, 0.6) is 11.5 Å². The van der Waals surface area contributed by atoms with E-state index < -0.39 is 0 Å². The van der Waals surface area contributed by atoms with E-state index in [-0.39, 0.29) is 24.0 Å². The zero-order chi connectivity index (χ0) is 15.6. The van der Waals surface area contributed by atoms with Crippen molar-refractivity contribution in [2.45, 2.75) is 6.92 Å². The molecule has 1 amide bonds. The first-order valence-corrected chi connectivity index (χ1v) is 7.27. The van der Waals surface area contributed by atoms with Crippen molar-refractivity contribution in [2.24, 2.45) is 0 Å². The van der Waals surface area contributed by atoms with E-state index in [0.717, 1.165) is 11.8 Å². The lowest BCUT2D eigenvalue weighted by Gasteiger charge is -2.11. The molecule has 0 aliphatic carbocycles. The lowest BCUT2D eigenvalue weighted by Crippen LogP contribution is -2.32. The third-order valence-corrected chi connectivity index (χ3v) is 4.17. The Morgan fingerprint density at radius 1 is 1.52 bits per heavy atom. The summed E-state index contributed by atoms with van der Waals surface area (Å²) in [5.41, 5.74) is 0.456. The van der Waals surface area contributed by atoms with Crippen LogP contribution in [0.25, 0.3) is 6.08 Å². The highest BCUT2D eigenvalue weighted by molar-refractivity contribution is 8.26. The highest BCUT2D eigenvalue weighted by Gasteiger charge is 2.32. The number of thioether (sulfide) groups is 1. The number of phenols is 1.